The van der Waals surface area contributed by atoms with Crippen LogP contribution in [0.2, 0.25) is 0 Å². The third-order valence-corrected chi connectivity index (χ3v) is 7.48. The van der Waals surface area contributed by atoms with Gasteiger partial charge in [0.05, 0.1) is 22.6 Å². The number of rotatable bonds is 6. The highest BCUT2D eigenvalue weighted by Crippen LogP contribution is 2.33. The van der Waals surface area contributed by atoms with E-state index in [1.165, 1.54) is 28.6 Å². The molecule has 5 rings (SSSR count). The first-order valence-electron chi connectivity index (χ1n) is 10.3. The highest BCUT2D eigenvalue weighted by molar-refractivity contribution is 7.99. The molecule has 4 aromatic rings. The molecule has 0 atom stereocenters. The van der Waals surface area contributed by atoms with E-state index in [4.69, 9.17) is 0 Å². The molecule has 11 heteroatoms. The Morgan fingerprint density at radius 3 is 3.03 bits per heavy atom. The van der Waals surface area contributed by atoms with Gasteiger partial charge in [-0.2, -0.15) is 4.68 Å². The first kappa shape index (κ1) is 20.8. The number of nitrogens with one attached hydrogen (secondary N) is 2. The largest absolute Gasteiger partial charge is 0.325 e. The van der Waals surface area contributed by atoms with Gasteiger partial charge in [0.25, 0.3) is 5.56 Å². The Bertz CT molecular complexity index is 1360. The van der Waals surface area contributed by atoms with E-state index >= 15 is 0 Å². The van der Waals surface area contributed by atoms with Crippen molar-refractivity contribution >= 4 is 44.9 Å². The lowest BCUT2D eigenvalue weighted by Crippen LogP contribution is -2.16. The fourth-order valence-electron chi connectivity index (χ4n) is 3.90. The quantitative estimate of drug-likeness (QED) is 0.447. The van der Waals surface area contributed by atoms with Gasteiger partial charge >= 0.3 is 0 Å². The smallest absolute Gasteiger partial charge is 0.259 e. The molecule has 3 heterocycles. The van der Waals surface area contributed by atoms with Crippen molar-refractivity contribution in [2.45, 2.75) is 38.4 Å². The number of nitrogens with zero attached hydrogens (tertiary/aromatic N) is 5. The zero-order valence-corrected chi connectivity index (χ0v) is 19.1. The van der Waals surface area contributed by atoms with Crippen molar-refractivity contribution in [1.82, 2.24) is 30.2 Å². The Morgan fingerprint density at radius 1 is 1.31 bits per heavy atom. The van der Waals surface area contributed by atoms with Crippen LogP contribution >= 0.6 is 23.1 Å². The van der Waals surface area contributed by atoms with Crippen molar-refractivity contribution in [1.29, 1.82) is 0 Å². The molecule has 0 fully saturated rings. The van der Waals surface area contributed by atoms with Gasteiger partial charge in [0.2, 0.25) is 5.91 Å². The summed E-state index contributed by atoms with van der Waals surface area (Å²) in [6.45, 7) is 1.81. The number of anilines is 1. The number of carbonyl (C=O) groups excluding carboxylic acids is 1. The summed E-state index contributed by atoms with van der Waals surface area (Å²) in [5.41, 5.74) is 2.55. The average Bonchev–Trinajstić information content (AvgIpc) is 3.37. The second-order valence-electron chi connectivity index (χ2n) is 7.63. The molecule has 9 nitrogen and oxygen atoms in total. The van der Waals surface area contributed by atoms with Gasteiger partial charge in [-0.15, -0.1) is 28.2 Å². The van der Waals surface area contributed by atoms with Gasteiger partial charge < -0.3 is 10.3 Å². The van der Waals surface area contributed by atoms with Gasteiger partial charge in [0.1, 0.15) is 10.7 Å². The summed E-state index contributed by atoms with van der Waals surface area (Å²) >= 11 is 3.05. The second kappa shape index (κ2) is 8.83. The minimum Gasteiger partial charge on any atom is -0.325 e. The van der Waals surface area contributed by atoms with Crippen LogP contribution in [0.15, 0.2) is 29.1 Å². The summed E-state index contributed by atoms with van der Waals surface area (Å²) < 4.78 is 1.60. The van der Waals surface area contributed by atoms with Crippen molar-refractivity contribution < 1.29 is 4.79 Å². The van der Waals surface area contributed by atoms with Crippen LogP contribution in [0.5, 0.6) is 0 Å². The van der Waals surface area contributed by atoms with E-state index in [2.05, 4.69) is 30.8 Å². The van der Waals surface area contributed by atoms with Crippen LogP contribution in [-0.2, 0) is 23.4 Å². The predicted octanol–water partition coefficient (Wildman–Crippen LogP) is 3.02. The number of hydrogen-bond donors (Lipinski definition) is 2. The van der Waals surface area contributed by atoms with Crippen molar-refractivity contribution in [2.24, 2.45) is 0 Å². The Labute approximate surface area is 191 Å². The molecule has 1 amide bonds. The Kier molecular flexibility index (Phi) is 5.75. The minimum absolute atomic E-state index is 0.0656. The van der Waals surface area contributed by atoms with Crippen LogP contribution in [0.4, 0.5) is 5.69 Å². The van der Waals surface area contributed by atoms with Gasteiger partial charge in [-0.25, -0.2) is 4.98 Å². The number of thiophene rings is 1. The Morgan fingerprint density at radius 2 is 2.19 bits per heavy atom. The summed E-state index contributed by atoms with van der Waals surface area (Å²) in [7, 11) is 0. The van der Waals surface area contributed by atoms with Crippen LogP contribution in [0, 0.1) is 6.92 Å². The number of amides is 1. The molecule has 1 aromatic carbocycles. The second-order valence-corrected chi connectivity index (χ2v) is 9.70. The van der Waals surface area contributed by atoms with Crippen LogP contribution < -0.4 is 10.9 Å². The number of carbonyl (C=O) groups is 1. The molecule has 0 saturated carbocycles. The van der Waals surface area contributed by atoms with E-state index in [1.807, 2.05) is 31.2 Å². The topological polar surface area (TPSA) is 118 Å². The lowest BCUT2D eigenvalue weighted by molar-refractivity contribution is -0.113. The first-order chi connectivity index (χ1) is 15.6. The molecule has 1 aliphatic rings. The number of H-pyrrole nitrogens is 1. The number of thioether (sulfide) groups is 1. The number of aryl methyl sites for hydroxylation is 3. The van der Waals surface area contributed by atoms with E-state index in [-0.39, 0.29) is 17.2 Å². The number of benzene rings is 1. The lowest BCUT2D eigenvalue weighted by atomic mass is 9.97. The van der Waals surface area contributed by atoms with E-state index < -0.39 is 0 Å². The summed E-state index contributed by atoms with van der Waals surface area (Å²) in [5.74, 6) is 1.85. The number of aromatic nitrogens is 6. The molecule has 0 radical (unpaired) electrons. The third kappa shape index (κ3) is 4.17. The monoisotopic (exact) mass is 467 g/mol. The van der Waals surface area contributed by atoms with Gasteiger partial charge in [-0.3, -0.25) is 9.59 Å². The Hall–Kier alpha value is -3.05. The van der Waals surface area contributed by atoms with Gasteiger partial charge in [-0.05, 0) is 66.8 Å². The standard InChI is InChI=1S/C21H21N7O2S2/c1-12-25-26-27-28(12)14-6-4-5-13(9-14)22-18(29)11-31-10-17-23-20(30)19-15-7-2-3-8-16(15)32-21(19)24-17/h4-6,9H,2-3,7-8,10-11H2,1H3,(H,22,29)(H,23,24,30). The minimum atomic E-state index is -0.129. The van der Waals surface area contributed by atoms with E-state index in [9.17, 15) is 9.59 Å². The van der Waals surface area contributed by atoms with Crippen molar-refractivity contribution in [3.63, 3.8) is 0 Å². The zero-order chi connectivity index (χ0) is 22.1. The SMILES string of the molecule is Cc1nnnn1-c1cccc(NC(=O)CSCc2nc3sc4c(c3c(=O)[nH]2)CCCC4)c1. The van der Waals surface area contributed by atoms with Crippen LogP contribution in [0.3, 0.4) is 0 Å². The van der Waals surface area contributed by atoms with Crippen LogP contribution in [0.1, 0.15) is 34.9 Å². The summed E-state index contributed by atoms with van der Waals surface area (Å²) in [6.07, 6.45) is 4.30. The molecule has 0 aliphatic heterocycles. The molecular formula is C21H21N7O2S2. The summed E-state index contributed by atoms with van der Waals surface area (Å²) in [4.78, 5) is 34.7. The van der Waals surface area contributed by atoms with E-state index in [1.54, 1.807) is 16.0 Å². The molecule has 0 saturated heterocycles. The molecular weight excluding hydrogens is 446 g/mol. The number of tetrazole rings is 1. The van der Waals surface area contributed by atoms with Crippen molar-refractivity contribution in [2.75, 3.05) is 11.1 Å². The number of aromatic amines is 1. The van der Waals surface area contributed by atoms with E-state index in [0.717, 1.165) is 35.2 Å². The lowest BCUT2D eigenvalue weighted by Gasteiger charge is -2.09. The molecule has 1 aliphatic carbocycles. The average molecular weight is 468 g/mol. The van der Waals surface area contributed by atoms with Crippen molar-refractivity contribution in [3.05, 3.63) is 56.7 Å². The van der Waals surface area contributed by atoms with E-state index in [0.29, 0.717) is 23.1 Å². The number of fused-ring (bicyclic) bond motifs is 3. The molecule has 0 unspecified atom stereocenters. The fourth-order valence-corrected chi connectivity index (χ4v) is 5.87. The maximum atomic E-state index is 12.6. The normalized spacial score (nSPS) is 13.3. The van der Waals surface area contributed by atoms with Gasteiger partial charge in [-0.1, -0.05) is 6.07 Å². The summed E-state index contributed by atoms with van der Waals surface area (Å²) in [6, 6.07) is 7.34. The highest BCUT2D eigenvalue weighted by Gasteiger charge is 2.19. The maximum Gasteiger partial charge on any atom is 0.259 e. The molecule has 3 aromatic heterocycles. The fraction of sp³-hybridized carbons (Fsp3) is 0.333. The summed E-state index contributed by atoms with van der Waals surface area (Å²) in [5, 5.41) is 15.1. The first-order valence-corrected chi connectivity index (χ1v) is 12.3. The predicted molar refractivity (Wildman–Crippen MR) is 126 cm³/mol. The number of hydrogen-bond acceptors (Lipinski definition) is 8. The highest BCUT2D eigenvalue weighted by atomic mass is 32.2. The molecule has 2 N–H and O–H groups in total. The van der Waals surface area contributed by atoms with Gasteiger partial charge in [0, 0.05) is 10.6 Å². The van der Waals surface area contributed by atoms with Crippen LogP contribution in [-0.4, -0.2) is 41.8 Å². The molecule has 0 bridgehead atoms. The Balaban J connectivity index is 1.21. The van der Waals surface area contributed by atoms with Crippen LogP contribution in [0.25, 0.3) is 15.9 Å². The van der Waals surface area contributed by atoms with Gasteiger partial charge in [0.15, 0.2) is 5.82 Å². The molecule has 164 valence electrons. The van der Waals surface area contributed by atoms with Crippen molar-refractivity contribution in [3.8, 4) is 5.69 Å². The maximum absolute atomic E-state index is 12.6. The molecule has 0 spiro atoms. The third-order valence-electron chi connectivity index (χ3n) is 5.35. The zero-order valence-electron chi connectivity index (χ0n) is 17.4. The molecule has 32 heavy (non-hydrogen) atoms.